The van der Waals surface area contributed by atoms with Crippen LogP contribution in [-0.2, 0) is 11.3 Å². The number of amides is 3. The summed E-state index contributed by atoms with van der Waals surface area (Å²) in [6.07, 6.45) is -0.999. The summed E-state index contributed by atoms with van der Waals surface area (Å²) in [5.41, 5.74) is 4.31. The van der Waals surface area contributed by atoms with Crippen LogP contribution < -0.4 is 15.8 Å². The van der Waals surface area contributed by atoms with E-state index in [9.17, 15) is 27.6 Å². The number of aromatic nitrogens is 2. The number of nitrogens with zero attached hydrogens (tertiary/aromatic N) is 3. The van der Waals surface area contributed by atoms with Gasteiger partial charge in [0.1, 0.15) is 0 Å². The molecule has 8 nitrogen and oxygen atoms in total. The number of halogens is 3. The smallest absolute Gasteiger partial charge is 0.302 e. The lowest BCUT2D eigenvalue weighted by Gasteiger charge is -2.22. The zero-order chi connectivity index (χ0) is 23.1. The molecule has 2 N–H and O–H groups in total. The van der Waals surface area contributed by atoms with Crippen LogP contribution in [0.15, 0.2) is 73.2 Å². The van der Waals surface area contributed by atoms with Crippen molar-refractivity contribution in [2.75, 3.05) is 4.90 Å². The minimum absolute atomic E-state index is 0.0673. The maximum Gasteiger partial charge on any atom is 0.472 e. The van der Waals surface area contributed by atoms with Gasteiger partial charge in [-0.15, -0.1) is 0 Å². The quantitative estimate of drug-likeness (QED) is 0.590. The van der Waals surface area contributed by atoms with Crippen LogP contribution >= 0.6 is 0 Å². The van der Waals surface area contributed by atoms with Gasteiger partial charge in [0, 0.05) is 29.8 Å². The third kappa shape index (κ3) is 5.65. The summed E-state index contributed by atoms with van der Waals surface area (Å²) in [6, 6.07) is 14.8. The summed E-state index contributed by atoms with van der Waals surface area (Å²) in [7, 11) is 0. The van der Waals surface area contributed by atoms with Crippen LogP contribution in [-0.4, -0.2) is 33.9 Å². The van der Waals surface area contributed by atoms with Crippen molar-refractivity contribution in [3.8, 4) is 0 Å². The number of nitrogens with one attached hydrogen (secondary N) is 2. The molecule has 0 aliphatic heterocycles. The molecule has 2 aromatic heterocycles. The second-order valence-electron chi connectivity index (χ2n) is 6.41. The fourth-order valence-corrected chi connectivity index (χ4v) is 2.61. The maximum absolute atomic E-state index is 13.0. The topological polar surface area (TPSA) is 104 Å². The van der Waals surface area contributed by atoms with Crippen molar-refractivity contribution < 1.29 is 27.6 Å². The first-order valence-corrected chi connectivity index (χ1v) is 9.15. The molecule has 0 saturated carbocycles. The van der Waals surface area contributed by atoms with E-state index in [1.165, 1.54) is 34.9 Å². The molecule has 3 rings (SSSR count). The Hall–Kier alpha value is -4.28. The van der Waals surface area contributed by atoms with Gasteiger partial charge in [-0.1, -0.05) is 18.2 Å². The molecule has 11 heteroatoms. The molecule has 0 spiro atoms. The molecule has 0 fully saturated rings. The van der Waals surface area contributed by atoms with Gasteiger partial charge in [-0.2, -0.15) is 13.2 Å². The van der Waals surface area contributed by atoms with Crippen LogP contribution in [0, 0.1) is 0 Å². The van der Waals surface area contributed by atoms with Crippen molar-refractivity contribution in [1.29, 1.82) is 0 Å². The highest BCUT2D eigenvalue weighted by Gasteiger charge is 2.39. The maximum atomic E-state index is 13.0. The number of rotatable bonds is 5. The first-order valence-electron chi connectivity index (χ1n) is 9.15. The Morgan fingerprint density at radius 2 is 1.56 bits per heavy atom. The third-order valence-corrected chi connectivity index (χ3v) is 4.19. The van der Waals surface area contributed by atoms with Gasteiger partial charge in [-0.3, -0.25) is 35.2 Å². The molecule has 3 aromatic rings. The molecule has 0 bridgehead atoms. The van der Waals surface area contributed by atoms with Crippen molar-refractivity contribution >= 4 is 23.4 Å². The number of carbonyl (C=O) groups excluding carboxylic acids is 3. The fourth-order valence-electron chi connectivity index (χ4n) is 2.61. The number of hydrogen-bond acceptors (Lipinski definition) is 5. The average Bonchev–Trinajstić information content (AvgIpc) is 2.81. The van der Waals surface area contributed by atoms with Crippen LogP contribution in [0.5, 0.6) is 0 Å². The summed E-state index contributed by atoms with van der Waals surface area (Å²) >= 11 is 0. The standard InChI is InChI=1S/C21H16F3N5O3/c22-21(23,24)20(32)28-27-18(30)15-6-7-16(26-12-15)13-29(17-4-2-1-3-5-17)19(31)14-8-10-25-11-9-14/h1-12H,13H2,(H,27,30)(H,28,32). The van der Waals surface area contributed by atoms with Crippen molar-refractivity contribution in [2.24, 2.45) is 0 Å². The number of carbonyl (C=O) groups is 3. The third-order valence-electron chi connectivity index (χ3n) is 4.19. The number of alkyl halides is 3. The van der Waals surface area contributed by atoms with Crippen LogP contribution in [0.2, 0.25) is 0 Å². The minimum atomic E-state index is -5.13. The van der Waals surface area contributed by atoms with Crippen LogP contribution in [0.1, 0.15) is 26.4 Å². The summed E-state index contributed by atoms with van der Waals surface area (Å²) in [5, 5.41) is 0. The number of hydrogen-bond donors (Lipinski definition) is 2. The van der Waals surface area contributed by atoms with Crippen LogP contribution in [0.25, 0.3) is 0 Å². The summed E-state index contributed by atoms with van der Waals surface area (Å²) in [5.74, 6) is -3.57. The van der Waals surface area contributed by atoms with E-state index >= 15 is 0 Å². The van der Waals surface area contributed by atoms with Gasteiger partial charge in [0.15, 0.2) is 0 Å². The van der Waals surface area contributed by atoms with Gasteiger partial charge in [-0.25, -0.2) is 0 Å². The fraction of sp³-hybridized carbons (Fsp3) is 0.0952. The van der Waals surface area contributed by atoms with Crippen molar-refractivity contribution in [1.82, 2.24) is 20.8 Å². The molecule has 0 aliphatic rings. The molecule has 0 aliphatic carbocycles. The van der Waals surface area contributed by atoms with Crippen LogP contribution in [0.4, 0.5) is 18.9 Å². The lowest BCUT2D eigenvalue weighted by molar-refractivity contribution is -0.174. The predicted molar refractivity (Wildman–Crippen MR) is 107 cm³/mol. The summed E-state index contributed by atoms with van der Waals surface area (Å²) in [6.45, 7) is 0.0673. The molecule has 0 radical (unpaired) electrons. The van der Waals surface area contributed by atoms with Gasteiger partial charge in [-0.05, 0) is 36.4 Å². The van der Waals surface area contributed by atoms with E-state index in [4.69, 9.17) is 0 Å². The molecule has 0 atom stereocenters. The van der Waals surface area contributed by atoms with E-state index in [1.54, 1.807) is 41.8 Å². The largest absolute Gasteiger partial charge is 0.472 e. The number of para-hydroxylation sites is 1. The monoisotopic (exact) mass is 443 g/mol. The first-order chi connectivity index (χ1) is 15.3. The van der Waals surface area contributed by atoms with Gasteiger partial charge < -0.3 is 4.90 Å². The normalized spacial score (nSPS) is 10.8. The van der Waals surface area contributed by atoms with Crippen molar-refractivity contribution in [2.45, 2.75) is 12.7 Å². The lowest BCUT2D eigenvalue weighted by Crippen LogP contribution is -2.47. The van der Waals surface area contributed by atoms with Gasteiger partial charge in [0.25, 0.3) is 11.8 Å². The molecule has 32 heavy (non-hydrogen) atoms. The van der Waals surface area contributed by atoms with Gasteiger partial charge in [0.05, 0.1) is 17.8 Å². The van der Waals surface area contributed by atoms with Gasteiger partial charge in [0.2, 0.25) is 0 Å². The highest BCUT2D eigenvalue weighted by atomic mass is 19.4. The molecular weight excluding hydrogens is 427 g/mol. The van der Waals surface area contributed by atoms with E-state index in [0.29, 0.717) is 16.9 Å². The summed E-state index contributed by atoms with van der Waals surface area (Å²) < 4.78 is 36.6. The number of hydrazine groups is 1. The van der Waals surface area contributed by atoms with E-state index < -0.39 is 18.0 Å². The van der Waals surface area contributed by atoms with Crippen molar-refractivity contribution in [3.05, 3.63) is 90.0 Å². The zero-order valence-electron chi connectivity index (χ0n) is 16.3. The van der Waals surface area contributed by atoms with Crippen LogP contribution in [0.3, 0.4) is 0 Å². The molecule has 3 amide bonds. The Kier molecular flexibility index (Phi) is 6.78. The highest BCUT2D eigenvalue weighted by molar-refractivity contribution is 6.05. The molecule has 164 valence electrons. The van der Waals surface area contributed by atoms with E-state index in [1.807, 2.05) is 6.07 Å². The Labute approximate surface area is 180 Å². The Morgan fingerprint density at radius 3 is 2.16 bits per heavy atom. The van der Waals surface area contributed by atoms with E-state index in [2.05, 4.69) is 9.97 Å². The Bertz CT molecular complexity index is 1090. The SMILES string of the molecule is O=C(NNC(=O)C(F)(F)F)c1ccc(CN(C(=O)c2ccncc2)c2ccccc2)nc1. The predicted octanol–water partition coefficient (Wildman–Crippen LogP) is 2.65. The number of pyridine rings is 2. The zero-order valence-corrected chi connectivity index (χ0v) is 16.3. The average molecular weight is 443 g/mol. The lowest BCUT2D eigenvalue weighted by atomic mass is 10.2. The van der Waals surface area contributed by atoms with Gasteiger partial charge >= 0.3 is 12.1 Å². The molecule has 1 aromatic carbocycles. The number of anilines is 1. The first kappa shape index (κ1) is 22.4. The molecule has 0 saturated heterocycles. The molecule has 0 unspecified atom stereocenters. The summed E-state index contributed by atoms with van der Waals surface area (Å²) in [4.78, 5) is 45.2. The second kappa shape index (κ2) is 9.69. The van der Waals surface area contributed by atoms with Crippen molar-refractivity contribution in [3.63, 3.8) is 0 Å². The second-order valence-corrected chi connectivity index (χ2v) is 6.41. The molecular formula is C21H16F3N5O3. The van der Waals surface area contributed by atoms with E-state index in [-0.39, 0.29) is 18.0 Å². The number of benzene rings is 1. The highest BCUT2D eigenvalue weighted by Crippen LogP contribution is 2.19. The van der Waals surface area contributed by atoms with E-state index in [0.717, 1.165) is 6.20 Å². The Balaban J connectivity index is 1.74. The molecule has 2 heterocycles. The Morgan fingerprint density at radius 1 is 0.875 bits per heavy atom. The minimum Gasteiger partial charge on any atom is -0.302 e.